The van der Waals surface area contributed by atoms with Gasteiger partial charge in [0.25, 0.3) is 0 Å². The minimum atomic E-state index is 0.290. The number of aromatic nitrogens is 2. The molecular weight excluding hydrogens is 348 g/mol. The highest BCUT2D eigenvalue weighted by atomic mass is 16.3. The van der Waals surface area contributed by atoms with Crippen LogP contribution in [0.5, 0.6) is 0 Å². The Morgan fingerprint density at radius 3 is 2.61 bits per heavy atom. The zero-order chi connectivity index (χ0) is 19.9. The van der Waals surface area contributed by atoms with Crippen LogP contribution < -0.4 is 10.2 Å². The van der Waals surface area contributed by atoms with Crippen LogP contribution in [0.3, 0.4) is 0 Å². The summed E-state index contributed by atoms with van der Waals surface area (Å²) in [4.78, 5) is 11.9. The van der Waals surface area contributed by atoms with E-state index in [1.165, 1.54) is 0 Å². The quantitative estimate of drug-likeness (QED) is 0.685. The van der Waals surface area contributed by atoms with Crippen molar-refractivity contribution >= 4 is 22.7 Å². The maximum Gasteiger partial charge on any atom is 0.131 e. The second-order valence-corrected chi connectivity index (χ2v) is 7.42. The first-order chi connectivity index (χ1) is 13.6. The van der Waals surface area contributed by atoms with E-state index in [0.717, 1.165) is 66.3 Å². The van der Waals surface area contributed by atoms with Gasteiger partial charge in [0.05, 0.1) is 11.0 Å². The van der Waals surface area contributed by atoms with Crippen molar-refractivity contribution in [3.05, 3.63) is 60.3 Å². The van der Waals surface area contributed by atoms with E-state index in [0.29, 0.717) is 5.92 Å². The molecule has 1 aliphatic heterocycles. The average Bonchev–Trinajstić information content (AvgIpc) is 2.68. The molecule has 3 rings (SSSR count). The summed E-state index contributed by atoms with van der Waals surface area (Å²) in [6.45, 7) is 10.2. The van der Waals surface area contributed by atoms with Gasteiger partial charge in [-0.05, 0) is 75.4 Å². The number of piperidine rings is 1. The number of anilines is 2. The number of hydrogen-bond acceptors (Lipinski definition) is 5. The minimum absolute atomic E-state index is 0.290. The molecule has 0 atom stereocenters. The van der Waals surface area contributed by atoms with E-state index >= 15 is 0 Å². The van der Waals surface area contributed by atoms with Crippen molar-refractivity contribution < 1.29 is 5.11 Å². The fraction of sp³-hybridized carbons (Fsp3) is 0.391. The molecule has 28 heavy (non-hydrogen) atoms. The van der Waals surface area contributed by atoms with E-state index in [1.807, 2.05) is 50.3 Å². The first kappa shape index (κ1) is 20.1. The van der Waals surface area contributed by atoms with E-state index in [1.54, 1.807) is 0 Å². The lowest BCUT2D eigenvalue weighted by Gasteiger charge is -2.32. The van der Waals surface area contributed by atoms with Crippen molar-refractivity contribution in [3.8, 4) is 0 Å². The van der Waals surface area contributed by atoms with E-state index in [9.17, 15) is 0 Å². The number of aliphatic hydroxyl groups is 1. The third-order valence-electron chi connectivity index (χ3n) is 5.02. The number of aliphatic hydroxyl groups excluding tert-OH is 1. The summed E-state index contributed by atoms with van der Waals surface area (Å²) in [5, 5.41) is 12.5. The van der Waals surface area contributed by atoms with E-state index in [4.69, 9.17) is 15.1 Å². The average molecular weight is 379 g/mol. The monoisotopic (exact) mass is 378 g/mol. The van der Waals surface area contributed by atoms with Crippen LogP contribution in [-0.2, 0) is 0 Å². The molecule has 1 fully saturated rings. The van der Waals surface area contributed by atoms with Crippen molar-refractivity contribution in [2.45, 2.75) is 33.1 Å². The molecule has 2 aromatic rings. The Morgan fingerprint density at radius 2 is 1.93 bits per heavy atom. The summed E-state index contributed by atoms with van der Waals surface area (Å²) >= 11 is 0. The second kappa shape index (κ2) is 9.51. The zero-order valence-corrected chi connectivity index (χ0v) is 16.9. The summed E-state index contributed by atoms with van der Waals surface area (Å²) < 4.78 is 0. The normalized spacial score (nSPS) is 16.1. The molecule has 0 radical (unpaired) electrons. The molecule has 1 saturated heterocycles. The molecule has 0 saturated carbocycles. The molecule has 0 amide bonds. The minimum Gasteiger partial charge on any atom is -0.396 e. The predicted octanol–water partition coefficient (Wildman–Crippen LogP) is 4.68. The lowest BCUT2D eigenvalue weighted by Crippen LogP contribution is -2.34. The highest BCUT2D eigenvalue weighted by Gasteiger charge is 2.20. The molecule has 148 valence electrons. The van der Waals surface area contributed by atoms with Gasteiger partial charge in [-0.3, -0.25) is 0 Å². The van der Waals surface area contributed by atoms with Gasteiger partial charge in [-0.25, -0.2) is 9.97 Å². The Balaban J connectivity index is 1.74. The molecule has 0 unspecified atom stereocenters. The number of hydrogen-bond donors (Lipinski definition) is 2. The van der Waals surface area contributed by atoms with Crippen LogP contribution >= 0.6 is 0 Å². The maximum absolute atomic E-state index is 9.12. The Morgan fingerprint density at radius 1 is 1.21 bits per heavy atom. The van der Waals surface area contributed by atoms with Crippen LogP contribution in [0.1, 0.15) is 33.1 Å². The molecular formula is C23H30N4O. The molecule has 3 heterocycles. The Hall–Kier alpha value is -2.66. The molecule has 5 heteroatoms. The van der Waals surface area contributed by atoms with Crippen LogP contribution in [-0.4, -0.2) is 34.8 Å². The predicted molar refractivity (Wildman–Crippen MR) is 118 cm³/mol. The summed E-state index contributed by atoms with van der Waals surface area (Å²) in [5.74, 6) is 2.43. The third kappa shape index (κ3) is 5.20. The van der Waals surface area contributed by atoms with Gasteiger partial charge in [0, 0.05) is 25.4 Å². The number of pyridine rings is 2. The molecule has 0 bridgehead atoms. The number of allylic oxidation sites excluding steroid dienone is 4. The molecule has 5 nitrogen and oxygen atoms in total. The van der Waals surface area contributed by atoms with Crippen molar-refractivity contribution in [1.29, 1.82) is 0 Å². The summed E-state index contributed by atoms with van der Waals surface area (Å²) in [6.07, 6.45) is 9.12. The first-order valence-corrected chi connectivity index (χ1v) is 9.99. The zero-order valence-electron chi connectivity index (χ0n) is 16.9. The highest BCUT2D eigenvalue weighted by Crippen LogP contribution is 2.25. The van der Waals surface area contributed by atoms with Gasteiger partial charge in [0.15, 0.2) is 0 Å². The fourth-order valence-electron chi connectivity index (χ4n) is 3.60. The van der Waals surface area contributed by atoms with E-state index in [-0.39, 0.29) is 6.61 Å². The number of fused-ring (bicyclic) bond motifs is 1. The highest BCUT2D eigenvalue weighted by molar-refractivity contribution is 5.78. The van der Waals surface area contributed by atoms with Gasteiger partial charge in [-0.2, -0.15) is 0 Å². The van der Waals surface area contributed by atoms with Crippen molar-refractivity contribution in [2.24, 2.45) is 5.92 Å². The van der Waals surface area contributed by atoms with E-state index < -0.39 is 0 Å². The fourth-order valence-corrected chi connectivity index (χ4v) is 3.60. The summed E-state index contributed by atoms with van der Waals surface area (Å²) in [7, 11) is 0. The molecule has 0 aromatic carbocycles. The Bertz CT molecular complexity index is 879. The third-order valence-corrected chi connectivity index (χ3v) is 5.02. The van der Waals surface area contributed by atoms with Gasteiger partial charge in [0.2, 0.25) is 0 Å². The van der Waals surface area contributed by atoms with Crippen LogP contribution in [0.2, 0.25) is 0 Å². The standard InChI is InChI=1S/C23H30N4O/c1-4-5-19(16-17(2)3)24-22-8-6-21-20(25-22)7-9-23(26-21)27-13-10-18(11-14-27)12-15-28/h4-9,16,18,28H,2,10-15H2,1,3H3,(H,24,25)/b5-4-,19-16+. The van der Waals surface area contributed by atoms with Crippen LogP contribution in [0.15, 0.2) is 60.3 Å². The maximum atomic E-state index is 9.12. The van der Waals surface area contributed by atoms with Gasteiger partial charge < -0.3 is 15.3 Å². The van der Waals surface area contributed by atoms with Gasteiger partial charge in [-0.15, -0.1) is 0 Å². The number of rotatable bonds is 7. The lowest BCUT2D eigenvalue weighted by atomic mass is 9.94. The van der Waals surface area contributed by atoms with Crippen molar-refractivity contribution in [2.75, 3.05) is 29.9 Å². The SMILES string of the molecule is C=C(C)/C=C(\C=C/C)Nc1ccc2nc(N3CCC(CCO)CC3)ccc2n1. The van der Waals surface area contributed by atoms with Crippen LogP contribution in [0.4, 0.5) is 11.6 Å². The number of nitrogens with zero attached hydrogens (tertiary/aromatic N) is 3. The van der Waals surface area contributed by atoms with Gasteiger partial charge in [-0.1, -0.05) is 18.2 Å². The smallest absolute Gasteiger partial charge is 0.131 e. The van der Waals surface area contributed by atoms with E-state index in [2.05, 4.69) is 22.9 Å². The van der Waals surface area contributed by atoms with Gasteiger partial charge in [0.1, 0.15) is 11.6 Å². The largest absolute Gasteiger partial charge is 0.396 e. The van der Waals surface area contributed by atoms with Gasteiger partial charge >= 0.3 is 0 Å². The van der Waals surface area contributed by atoms with Crippen LogP contribution in [0, 0.1) is 5.92 Å². The molecule has 2 aromatic heterocycles. The van der Waals surface area contributed by atoms with Crippen molar-refractivity contribution in [1.82, 2.24) is 9.97 Å². The van der Waals surface area contributed by atoms with Crippen LogP contribution in [0.25, 0.3) is 11.0 Å². The summed E-state index contributed by atoms with van der Waals surface area (Å²) in [6, 6.07) is 8.08. The molecule has 0 aliphatic carbocycles. The number of nitrogens with one attached hydrogen (secondary N) is 1. The summed E-state index contributed by atoms with van der Waals surface area (Å²) in [5.41, 5.74) is 3.71. The Kier molecular flexibility index (Phi) is 6.82. The van der Waals surface area contributed by atoms with Crippen molar-refractivity contribution in [3.63, 3.8) is 0 Å². The first-order valence-electron chi connectivity index (χ1n) is 9.99. The topological polar surface area (TPSA) is 61.3 Å². The second-order valence-electron chi connectivity index (χ2n) is 7.42. The Labute approximate surface area is 167 Å². The molecule has 2 N–H and O–H groups in total. The molecule has 0 spiro atoms. The molecule has 1 aliphatic rings. The lowest BCUT2D eigenvalue weighted by molar-refractivity contribution is 0.240.